The maximum Gasteiger partial charge on any atom is 0.161 e. The Labute approximate surface area is 297 Å². The molecule has 0 aliphatic heterocycles. The molecule has 1 aromatic heterocycles. The van der Waals surface area contributed by atoms with Gasteiger partial charge in [0, 0.05) is 22.1 Å². The van der Waals surface area contributed by atoms with Crippen LogP contribution in [0.4, 0.5) is 0 Å². The lowest BCUT2D eigenvalue weighted by Crippen LogP contribution is -2.15. The molecule has 1 aliphatic carbocycles. The number of hydrogen-bond acceptors (Lipinski definition) is 2. The summed E-state index contributed by atoms with van der Waals surface area (Å²) in [5.41, 5.74) is 12.8. The number of fused-ring (bicyclic) bond motifs is 7. The van der Waals surface area contributed by atoms with E-state index in [0.29, 0.717) is 0 Å². The first kappa shape index (κ1) is 29.5. The molecule has 0 N–H and O–H groups in total. The molecule has 1 aliphatic rings. The quantitative estimate of drug-likeness (QED) is 0.189. The average molecular weight is 651 g/mol. The molecule has 0 spiro atoms. The van der Waals surface area contributed by atoms with Crippen LogP contribution in [-0.2, 0) is 5.41 Å². The van der Waals surface area contributed by atoms with Crippen LogP contribution in [0.1, 0.15) is 25.0 Å². The fourth-order valence-electron chi connectivity index (χ4n) is 8.44. The Morgan fingerprint density at radius 1 is 0.373 bits per heavy atom. The van der Waals surface area contributed by atoms with Gasteiger partial charge < -0.3 is 0 Å². The van der Waals surface area contributed by atoms with Crippen LogP contribution in [-0.4, -0.2) is 9.97 Å². The Hall–Kier alpha value is -6.38. The standard InChI is InChI=1S/C49H34N2/c1-49(2)44-28-24-34(29-43(44)41-25-23-32-14-7-9-19-37(32)47(41)49)36-26-27-42(39-21-11-10-20-38(36)39)48-50-45(33-15-4-3-5-16-33)30-46(51-48)40-22-12-17-31-13-6-8-18-35(31)40/h3-30H,1-2H3. The molecule has 0 unspecified atom stereocenters. The summed E-state index contributed by atoms with van der Waals surface area (Å²) in [7, 11) is 0. The Balaban J connectivity index is 1.16. The monoisotopic (exact) mass is 650 g/mol. The van der Waals surface area contributed by atoms with E-state index < -0.39 is 0 Å². The number of hydrogen-bond donors (Lipinski definition) is 0. The molecule has 2 nitrogen and oxygen atoms in total. The molecule has 9 aromatic rings. The smallest absolute Gasteiger partial charge is 0.161 e. The maximum atomic E-state index is 5.30. The van der Waals surface area contributed by atoms with Crippen molar-refractivity contribution >= 4 is 32.3 Å². The van der Waals surface area contributed by atoms with Gasteiger partial charge in [-0.05, 0) is 83.9 Å². The summed E-state index contributed by atoms with van der Waals surface area (Å²) >= 11 is 0. The number of benzene rings is 8. The van der Waals surface area contributed by atoms with E-state index in [4.69, 9.17) is 9.97 Å². The van der Waals surface area contributed by atoms with Crippen LogP contribution < -0.4 is 0 Å². The van der Waals surface area contributed by atoms with Gasteiger partial charge in [-0.2, -0.15) is 0 Å². The van der Waals surface area contributed by atoms with Gasteiger partial charge >= 0.3 is 0 Å². The van der Waals surface area contributed by atoms with E-state index in [1.54, 1.807) is 0 Å². The van der Waals surface area contributed by atoms with E-state index in [2.05, 4.69) is 178 Å². The van der Waals surface area contributed by atoms with Crippen LogP contribution in [0.2, 0.25) is 0 Å². The van der Waals surface area contributed by atoms with E-state index in [0.717, 1.165) is 39.3 Å². The summed E-state index contributed by atoms with van der Waals surface area (Å²) in [6, 6.07) is 61.1. The van der Waals surface area contributed by atoms with E-state index in [-0.39, 0.29) is 5.41 Å². The van der Waals surface area contributed by atoms with Gasteiger partial charge in [0.05, 0.1) is 11.4 Å². The molecule has 0 atom stereocenters. The molecular formula is C49H34N2. The van der Waals surface area contributed by atoms with Gasteiger partial charge in [0.25, 0.3) is 0 Å². The molecule has 1 heterocycles. The Morgan fingerprint density at radius 3 is 1.78 bits per heavy atom. The van der Waals surface area contributed by atoms with Gasteiger partial charge in [-0.3, -0.25) is 0 Å². The van der Waals surface area contributed by atoms with Crippen molar-refractivity contribution in [2.75, 3.05) is 0 Å². The molecular weight excluding hydrogens is 617 g/mol. The maximum absolute atomic E-state index is 5.30. The topological polar surface area (TPSA) is 25.8 Å². The first-order valence-electron chi connectivity index (χ1n) is 17.7. The summed E-state index contributed by atoms with van der Waals surface area (Å²) in [6.45, 7) is 4.73. The zero-order valence-electron chi connectivity index (χ0n) is 28.6. The number of aromatic nitrogens is 2. The zero-order chi connectivity index (χ0) is 34.1. The average Bonchev–Trinajstić information content (AvgIpc) is 3.43. The second-order valence-electron chi connectivity index (χ2n) is 14.2. The summed E-state index contributed by atoms with van der Waals surface area (Å²) in [6.07, 6.45) is 0. The van der Waals surface area contributed by atoms with Crippen molar-refractivity contribution in [1.29, 1.82) is 0 Å². The Bertz CT molecular complexity index is 2820. The first-order chi connectivity index (χ1) is 25.0. The van der Waals surface area contributed by atoms with E-state index in [9.17, 15) is 0 Å². The number of rotatable bonds is 4. The highest BCUT2D eigenvalue weighted by Gasteiger charge is 2.37. The molecule has 51 heavy (non-hydrogen) atoms. The minimum atomic E-state index is -0.0844. The third-order valence-corrected chi connectivity index (χ3v) is 10.9. The lowest BCUT2D eigenvalue weighted by molar-refractivity contribution is 0.666. The molecule has 0 saturated carbocycles. The highest BCUT2D eigenvalue weighted by Crippen LogP contribution is 2.52. The van der Waals surface area contributed by atoms with Crippen LogP contribution in [0.3, 0.4) is 0 Å². The van der Waals surface area contributed by atoms with Crippen molar-refractivity contribution in [3.05, 3.63) is 181 Å². The van der Waals surface area contributed by atoms with Crippen molar-refractivity contribution in [1.82, 2.24) is 9.97 Å². The van der Waals surface area contributed by atoms with Crippen LogP contribution in [0, 0.1) is 0 Å². The van der Waals surface area contributed by atoms with Crippen LogP contribution in [0.25, 0.3) is 88.5 Å². The van der Waals surface area contributed by atoms with Gasteiger partial charge in [-0.25, -0.2) is 9.97 Å². The van der Waals surface area contributed by atoms with Crippen molar-refractivity contribution in [3.8, 4) is 56.2 Å². The Kier molecular flexibility index (Phi) is 6.56. The van der Waals surface area contributed by atoms with Crippen LogP contribution in [0.15, 0.2) is 170 Å². The molecule has 0 saturated heterocycles. The summed E-state index contributed by atoms with van der Waals surface area (Å²) in [5.74, 6) is 0.721. The van der Waals surface area contributed by atoms with E-state index in [1.807, 2.05) is 6.07 Å². The minimum Gasteiger partial charge on any atom is -0.228 e. The van der Waals surface area contributed by atoms with Crippen molar-refractivity contribution in [2.45, 2.75) is 19.3 Å². The zero-order valence-corrected chi connectivity index (χ0v) is 28.6. The summed E-state index contributed by atoms with van der Waals surface area (Å²) in [4.78, 5) is 10.5. The molecule has 8 aromatic carbocycles. The second-order valence-corrected chi connectivity index (χ2v) is 14.2. The van der Waals surface area contributed by atoms with E-state index in [1.165, 1.54) is 60.3 Å². The van der Waals surface area contributed by atoms with Crippen LogP contribution in [0.5, 0.6) is 0 Å². The largest absolute Gasteiger partial charge is 0.228 e. The summed E-state index contributed by atoms with van der Waals surface area (Å²) < 4.78 is 0. The van der Waals surface area contributed by atoms with Crippen LogP contribution >= 0.6 is 0 Å². The second kappa shape index (κ2) is 11.3. The fourth-order valence-corrected chi connectivity index (χ4v) is 8.44. The minimum absolute atomic E-state index is 0.0844. The molecule has 0 bridgehead atoms. The van der Waals surface area contributed by atoms with Crippen molar-refractivity contribution < 1.29 is 0 Å². The molecule has 2 heteroatoms. The summed E-state index contributed by atoms with van der Waals surface area (Å²) in [5, 5.41) is 7.33. The Morgan fingerprint density at radius 2 is 0.980 bits per heavy atom. The fraction of sp³-hybridized carbons (Fsp3) is 0.0612. The SMILES string of the molecule is CC1(C)c2ccc(-c3ccc(-c4nc(-c5ccccc5)cc(-c5cccc6ccccc56)n4)c4ccccc34)cc2-c2ccc3ccccc3c21. The van der Waals surface area contributed by atoms with E-state index >= 15 is 0 Å². The lowest BCUT2D eigenvalue weighted by atomic mass is 9.80. The molecule has 0 fully saturated rings. The van der Waals surface area contributed by atoms with Gasteiger partial charge in [-0.1, -0.05) is 166 Å². The highest BCUT2D eigenvalue weighted by molar-refractivity contribution is 6.06. The van der Waals surface area contributed by atoms with Gasteiger partial charge in [-0.15, -0.1) is 0 Å². The van der Waals surface area contributed by atoms with Gasteiger partial charge in [0.1, 0.15) is 0 Å². The first-order valence-corrected chi connectivity index (χ1v) is 17.7. The third-order valence-electron chi connectivity index (χ3n) is 10.9. The van der Waals surface area contributed by atoms with Gasteiger partial charge in [0.2, 0.25) is 0 Å². The van der Waals surface area contributed by atoms with Crippen molar-refractivity contribution in [2.24, 2.45) is 0 Å². The number of nitrogens with zero attached hydrogens (tertiary/aromatic N) is 2. The normalized spacial score (nSPS) is 13.1. The predicted molar refractivity (Wildman–Crippen MR) is 214 cm³/mol. The molecule has 10 rings (SSSR count). The van der Waals surface area contributed by atoms with Crippen molar-refractivity contribution in [3.63, 3.8) is 0 Å². The third kappa shape index (κ3) is 4.64. The predicted octanol–water partition coefficient (Wildman–Crippen LogP) is 12.9. The molecule has 240 valence electrons. The molecule has 0 amide bonds. The lowest BCUT2D eigenvalue weighted by Gasteiger charge is -2.23. The highest BCUT2D eigenvalue weighted by atomic mass is 14.9. The molecule has 0 radical (unpaired) electrons. The van der Waals surface area contributed by atoms with Gasteiger partial charge in [0.15, 0.2) is 5.82 Å².